The van der Waals surface area contributed by atoms with Crippen LogP contribution < -0.4 is 0 Å². The Bertz CT molecular complexity index is 836. The topological polar surface area (TPSA) is 57.5 Å². The summed E-state index contributed by atoms with van der Waals surface area (Å²) in [6.45, 7) is 0. The Morgan fingerprint density at radius 1 is 1.08 bits per heavy atom. The first-order valence-electron chi connectivity index (χ1n) is 7.32. The van der Waals surface area contributed by atoms with Crippen molar-refractivity contribution in [2.24, 2.45) is 0 Å². The zero-order chi connectivity index (χ0) is 18.4. The van der Waals surface area contributed by atoms with E-state index in [1.165, 1.54) is 37.1 Å². The van der Waals surface area contributed by atoms with Crippen LogP contribution in [0.5, 0.6) is 0 Å². The standard InChI is InChI=1S/C16H15F3NO4P/c1-23-25(22,24-2)14-13(12-4-3-9-20(12)15(14)21)10-5-7-11(8-6-10)16(17,18)19/h3-9,13-14H,1-2H3/t13-,14+/m0/s1. The smallest absolute Gasteiger partial charge is 0.311 e. The van der Waals surface area contributed by atoms with Crippen molar-refractivity contribution < 1.29 is 31.6 Å². The van der Waals surface area contributed by atoms with E-state index >= 15 is 0 Å². The highest BCUT2D eigenvalue weighted by Gasteiger charge is 2.52. The molecule has 1 aromatic heterocycles. The highest BCUT2D eigenvalue weighted by Crippen LogP contribution is 2.60. The molecule has 1 aliphatic rings. The Balaban J connectivity index is 2.11. The van der Waals surface area contributed by atoms with E-state index in [-0.39, 0.29) is 0 Å². The SMILES string of the molecule is COP(=O)(OC)[C@H]1C(=O)n2cccc2[C@@H]1c1ccc(C(F)(F)F)cc1. The van der Waals surface area contributed by atoms with Crippen molar-refractivity contribution in [3.05, 3.63) is 59.4 Å². The van der Waals surface area contributed by atoms with Gasteiger partial charge in [-0.25, -0.2) is 0 Å². The van der Waals surface area contributed by atoms with Gasteiger partial charge in [-0.2, -0.15) is 13.2 Å². The summed E-state index contributed by atoms with van der Waals surface area (Å²) in [6, 6.07) is 7.75. The Hall–Kier alpha value is -1.89. The van der Waals surface area contributed by atoms with Gasteiger partial charge in [-0.05, 0) is 29.8 Å². The second kappa shape index (κ2) is 6.12. The van der Waals surface area contributed by atoms with Crippen LogP contribution in [-0.4, -0.2) is 30.4 Å². The van der Waals surface area contributed by atoms with Gasteiger partial charge in [0.2, 0.25) is 5.91 Å². The lowest BCUT2D eigenvalue weighted by Crippen LogP contribution is -2.25. The minimum atomic E-state index is -4.46. The molecule has 0 unspecified atom stereocenters. The van der Waals surface area contributed by atoms with Gasteiger partial charge in [0.15, 0.2) is 5.66 Å². The monoisotopic (exact) mass is 373 g/mol. The van der Waals surface area contributed by atoms with Gasteiger partial charge in [0.1, 0.15) is 0 Å². The molecule has 9 heteroatoms. The third-order valence-electron chi connectivity index (χ3n) is 4.35. The highest BCUT2D eigenvalue weighted by molar-refractivity contribution is 7.55. The molecule has 1 aliphatic heterocycles. The van der Waals surface area contributed by atoms with Crippen molar-refractivity contribution in [1.82, 2.24) is 4.57 Å². The van der Waals surface area contributed by atoms with Gasteiger partial charge in [-0.3, -0.25) is 13.9 Å². The normalized spacial score (nSPS) is 20.8. The third kappa shape index (κ3) is 2.84. The van der Waals surface area contributed by atoms with Crippen LogP contribution in [0.25, 0.3) is 0 Å². The van der Waals surface area contributed by atoms with Gasteiger partial charge in [0, 0.05) is 32.0 Å². The van der Waals surface area contributed by atoms with Gasteiger partial charge in [-0.15, -0.1) is 0 Å². The van der Waals surface area contributed by atoms with Gasteiger partial charge >= 0.3 is 13.8 Å². The minimum Gasteiger partial charge on any atom is -0.311 e. The molecule has 0 saturated carbocycles. The number of hydrogen-bond acceptors (Lipinski definition) is 4. The van der Waals surface area contributed by atoms with E-state index in [0.29, 0.717) is 11.3 Å². The first kappa shape index (κ1) is 17.9. The summed E-state index contributed by atoms with van der Waals surface area (Å²) in [7, 11) is -1.44. The lowest BCUT2D eigenvalue weighted by molar-refractivity contribution is -0.137. The fourth-order valence-corrected chi connectivity index (χ4v) is 4.84. The molecule has 2 atom stereocenters. The van der Waals surface area contributed by atoms with Crippen LogP contribution in [0.3, 0.4) is 0 Å². The van der Waals surface area contributed by atoms with Gasteiger partial charge in [0.05, 0.1) is 5.56 Å². The first-order valence-corrected chi connectivity index (χ1v) is 8.94. The van der Waals surface area contributed by atoms with Crippen LogP contribution in [-0.2, 0) is 19.8 Å². The molecule has 0 aliphatic carbocycles. The van der Waals surface area contributed by atoms with Crippen LogP contribution in [0.1, 0.15) is 27.5 Å². The Kier molecular flexibility index (Phi) is 4.39. The molecule has 2 aromatic rings. The van der Waals surface area contributed by atoms with Crippen molar-refractivity contribution in [2.45, 2.75) is 17.8 Å². The van der Waals surface area contributed by atoms with Crippen molar-refractivity contribution >= 4 is 13.5 Å². The second-order valence-corrected chi connectivity index (χ2v) is 7.95. The molecule has 0 amide bonds. The van der Waals surface area contributed by atoms with Gasteiger partial charge in [0.25, 0.3) is 0 Å². The van der Waals surface area contributed by atoms with Crippen molar-refractivity contribution in [2.75, 3.05) is 14.2 Å². The molecule has 2 heterocycles. The van der Waals surface area contributed by atoms with E-state index in [1.807, 2.05) is 0 Å². The number of halogens is 3. The lowest BCUT2D eigenvalue weighted by Gasteiger charge is -2.24. The molecule has 0 N–H and O–H groups in total. The molecule has 1 aromatic carbocycles. The Labute approximate surface area is 141 Å². The van der Waals surface area contributed by atoms with Crippen LogP contribution in [0, 0.1) is 0 Å². The summed E-state index contributed by atoms with van der Waals surface area (Å²) in [5.74, 6) is -1.20. The molecule has 0 radical (unpaired) electrons. The molecule has 134 valence electrons. The largest absolute Gasteiger partial charge is 0.416 e. The maximum absolute atomic E-state index is 12.9. The maximum atomic E-state index is 12.9. The van der Waals surface area contributed by atoms with Gasteiger partial charge in [-0.1, -0.05) is 12.1 Å². The highest BCUT2D eigenvalue weighted by atomic mass is 31.2. The summed E-state index contributed by atoms with van der Waals surface area (Å²) in [5, 5.41) is 0. The average molecular weight is 373 g/mol. The van der Waals surface area contributed by atoms with E-state index in [4.69, 9.17) is 9.05 Å². The summed E-state index contributed by atoms with van der Waals surface area (Å²) in [4.78, 5) is 12.7. The molecule has 0 saturated heterocycles. The van der Waals surface area contributed by atoms with Gasteiger partial charge < -0.3 is 9.05 Å². The number of hydrogen-bond donors (Lipinski definition) is 0. The molecule has 0 bridgehead atoms. The Morgan fingerprint density at radius 3 is 2.20 bits per heavy atom. The van der Waals surface area contributed by atoms with E-state index in [0.717, 1.165) is 12.1 Å². The third-order valence-corrected chi connectivity index (χ3v) is 6.57. The number of benzene rings is 1. The number of carbonyl (C=O) groups excluding carboxylic acids is 1. The summed E-state index contributed by atoms with van der Waals surface area (Å²) in [5.41, 5.74) is -0.994. The summed E-state index contributed by atoms with van der Waals surface area (Å²) >= 11 is 0. The molecule has 0 fully saturated rings. The zero-order valence-corrected chi connectivity index (χ0v) is 14.3. The van der Waals surface area contributed by atoms with E-state index in [9.17, 15) is 22.5 Å². The predicted molar refractivity (Wildman–Crippen MR) is 83.8 cm³/mol. The van der Waals surface area contributed by atoms with Crippen molar-refractivity contribution in [3.8, 4) is 0 Å². The molecule has 0 spiro atoms. The van der Waals surface area contributed by atoms with Crippen LogP contribution >= 0.6 is 7.60 Å². The second-order valence-electron chi connectivity index (χ2n) is 5.59. The number of rotatable bonds is 4. The van der Waals surface area contributed by atoms with Crippen molar-refractivity contribution in [3.63, 3.8) is 0 Å². The predicted octanol–water partition coefficient (Wildman–Crippen LogP) is 4.15. The van der Waals surface area contributed by atoms with Crippen LogP contribution in [0.4, 0.5) is 13.2 Å². The molecule has 5 nitrogen and oxygen atoms in total. The quantitative estimate of drug-likeness (QED) is 0.756. The number of aromatic nitrogens is 1. The minimum absolute atomic E-state index is 0.429. The van der Waals surface area contributed by atoms with E-state index in [2.05, 4.69) is 0 Å². The zero-order valence-electron chi connectivity index (χ0n) is 13.4. The number of fused-ring (bicyclic) bond motifs is 1. The average Bonchev–Trinajstić information content (AvgIpc) is 3.16. The maximum Gasteiger partial charge on any atom is 0.416 e. The Morgan fingerprint density at radius 2 is 1.68 bits per heavy atom. The molecular formula is C16H15F3NO4P. The van der Waals surface area contributed by atoms with E-state index in [1.54, 1.807) is 12.1 Å². The van der Waals surface area contributed by atoms with E-state index < -0.39 is 36.8 Å². The molecule has 3 rings (SSSR count). The number of nitrogens with zero attached hydrogens (tertiary/aromatic N) is 1. The number of carbonyl (C=O) groups is 1. The number of alkyl halides is 3. The molecular weight excluding hydrogens is 358 g/mol. The first-order chi connectivity index (χ1) is 11.7. The van der Waals surface area contributed by atoms with Crippen LogP contribution in [0.15, 0.2) is 42.6 Å². The van der Waals surface area contributed by atoms with Crippen LogP contribution in [0.2, 0.25) is 0 Å². The lowest BCUT2D eigenvalue weighted by atomic mass is 9.93. The molecule has 25 heavy (non-hydrogen) atoms. The summed E-state index contributed by atoms with van der Waals surface area (Å²) < 4.78 is 62.5. The van der Waals surface area contributed by atoms with Crippen molar-refractivity contribution in [1.29, 1.82) is 0 Å². The fraction of sp³-hybridized carbons (Fsp3) is 0.312. The summed E-state index contributed by atoms with van der Waals surface area (Å²) in [6.07, 6.45) is -2.94. The fourth-order valence-electron chi connectivity index (χ4n) is 3.15.